The Balaban J connectivity index is 1.28. The van der Waals surface area contributed by atoms with E-state index in [1.807, 2.05) is 78.9 Å². The van der Waals surface area contributed by atoms with Gasteiger partial charge >= 0.3 is 11.9 Å². The first-order valence-corrected chi connectivity index (χ1v) is 14.4. The van der Waals surface area contributed by atoms with E-state index in [2.05, 4.69) is 17.0 Å². The van der Waals surface area contributed by atoms with Gasteiger partial charge < -0.3 is 18.9 Å². The standard InChI is InChI=1S/C31H37NO6S/c33-30(37-22-20-35-28-12-6-2-7-13-28)16-18-32(26-27-10-4-1-5-11-27)19-25-39-24-17-31(34)38-23-21-36-29-14-8-3-9-15-29/h1-15H,16-26H2. The van der Waals surface area contributed by atoms with E-state index in [0.29, 0.717) is 38.4 Å². The molecule has 8 heteroatoms. The Hall–Kier alpha value is -3.49. The fourth-order valence-corrected chi connectivity index (χ4v) is 4.52. The summed E-state index contributed by atoms with van der Waals surface area (Å²) in [5, 5.41) is 0. The molecule has 0 N–H and O–H groups in total. The number of esters is 2. The fourth-order valence-electron chi connectivity index (χ4n) is 3.62. The Morgan fingerprint density at radius 2 is 1.10 bits per heavy atom. The summed E-state index contributed by atoms with van der Waals surface area (Å²) in [6, 6.07) is 29.1. The van der Waals surface area contributed by atoms with E-state index in [0.717, 1.165) is 30.3 Å². The summed E-state index contributed by atoms with van der Waals surface area (Å²) in [4.78, 5) is 26.5. The van der Waals surface area contributed by atoms with Crippen molar-refractivity contribution in [3.05, 3.63) is 96.6 Å². The lowest BCUT2D eigenvalue weighted by molar-refractivity contribution is -0.145. The minimum absolute atomic E-state index is 0.219. The summed E-state index contributed by atoms with van der Waals surface area (Å²) in [5.41, 5.74) is 1.19. The molecule has 0 saturated carbocycles. The average molecular weight is 552 g/mol. The van der Waals surface area contributed by atoms with Crippen LogP contribution in [0.2, 0.25) is 0 Å². The quantitative estimate of drug-likeness (QED) is 0.148. The molecular formula is C31H37NO6S. The lowest BCUT2D eigenvalue weighted by Crippen LogP contribution is -2.29. The van der Waals surface area contributed by atoms with Gasteiger partial charge in [0.1, 0.15) is 37.9 Å². The van der Waals surface area contributed by atoms with E-state index in [9.17, 15) is 9.59 Å². The van der Waals surface area contributed by atoms with Gasteiger partial charge in [-0.1, -0.05) is 66.7 Å². The van der Waals surface area contributed by atoms with E-state index in [1.54, 1.807) is 11.8 Å². The zero-order valence-electron chi connectivity index (χ0n) is 22.2. The van der Waals surface area contributed by atoms with Gasteiger partial charge in [0.05, 0.1) is 12.8 Å². The van der Waals surface area contributed by atoms with Crippen molar-refractivity contribution in [1.29, 1.82) is 0 Å². The van der Waals surface area contributed by atoms with Gasteiger partial charge in [0.15, 0.2) is 0 Å². The zero-order valence-corrected chi connectivity index (χ0v) is 23.1. The van der Waals surface area contributed by atoms with Crippen LogP contribution in [0.5, 0.6) is 11.5 Å². The molecule has 3 aromatic rings. The third-order valence-electron chi connectivity index (χ3n) is 5.60. The predicted molar refractivity (Wildman–Crippen MR) is 154 cm³/mol. The van der Waals surface area contributed by atoms with Crippen LogP contribution in [-0.2, 0) is 25.6 Å². The maximum atomic E-state index is 12.3. The van der Waals surface area contributed by atoms with Gasteiger partial charge in [-0.3, -0.25) is 14.5 Å². The Kier molecular flexibility index (Phi) is 14.4. The molecule has 0 heterocycles. The molecule has 0 atom stereocenters. The monoisotopic (exact) mass is 551 g/mol. The molecule has 0 bridgehead atoms. The molecule has 0 spiro atoms. The van der Waals surface area contributed by atoms with Gasteiger partial charge in [-0.25, -0.2) is 0 Å². The second kappa shape index (κ2) is 18.7. The second-order valence-electron chi connectivity index (χ2n) is 8.64. The number of hydrogen-bond donors (Lipinski definition) is 0. The number of carbonyl (C=O) groups excluding carboxylic acids is 2. The van der Waals surface area contributed by atoms with Gasteiger partial charge in [-0.2, -0.15) is 11.8 Å². The number of ether oxygens (including phenoxy) is 4. The highest BCUT2D eigenvalue weighted by Crippen LogP contribution is 2.11. The molecule has 208 valence electrons. The highest BCUT2D eigenvalue weighted by atomic mass is 32.2. The van der Waals surface area contributed by atoms with Crippen LogP contribution in [0.3, 0.4) is 0 Å². The van der Waals surface area contributed by atoms with Crippen LogP contribution in [0, 0.1) is 0 Å². The molecule has 0 aliphatic heterocycles. The maximum absolute atomic E-state index is 12.3. The van der Waals surface area contributed by atoms with Crippen LogP contribution in [0.25, 0.3) is 0 Å². The first kappa shape index (κ1) is 30.1. The van der Waals surface area contributed by atoms with Crippen molar-refractivity contribution < 1.29 is 28.5 Å². The summed E-state index contributed by atoms with van der Waals surface area (Å²) in [6.45, 7) is 3.24. The topological polar surface area (TPSA) is 74.3 Å². The van der Waals surface area contributed by atoms with Gasteiger partial charge in [0, 0.05) is 31.1 Å². The van der Waals surface area contributed by atoms with Crippen molar-refractivity contribution in [2.24, 2.45) is 0 Å². The van der Waals surface area contributed by atoms with Gasteiger partial charge in [-0.05, 0) is 29.8 Å². The van der Waals surface area contributed by atoms with E-state index in [4.69, 9.17) is 18.9 Å². The Morgan fingerprint density at radius 1 is 0.590 bits per heavy atom. The summed E-state index contributed by atoms with van der Waals surface area (Å²) < 4.78 is 21.7. The van der Waals surface area contributed by atoms with E-state index < -0.39 is 0 Å². The maximum Gasteiger partial charge on any atom is 0.307 e. The third kappa shape index (κ3) is 13.7. The molecule has 7 nitrogen and oxygen atoms in total. The lowest BCUT2D eigenvalue weighted by atomic mass is 10.2. The van der Waals surface area contributed by atoms with Crippen molar-refractivity contribution in [3.63, 3.8) is 0 Å². The molecule has 0 fully saturated rings. The minimum atomic E-state index is -0.239. The molecule has 3 aromatic carbocycles. The smallest absolute Gasteiger partial charge is 0.307 e. The fraction of sp³-hybridized carbons (Fsp3) is 0.355. The number of thioether (sulfide) groups is 1. The number of carbonyl (C=O) groups is 2. The van der Waals surface area contributed by atoms with Crippen LogP contribution in [0.4, 0.5) is 0 Å². The van der Waals surface area contributed by atoms with Crippen molar-refractivity contribution in [2.75, 3.05) is 51.0 Å². The van der Waals surface area contributed by atoms with E-state index >= 15 is 0 Å². The highest BCUT2D eigenvalue weighted by Gasteiger charge is 2.11. The summed E-state index contributed by atoms with van der Waals surface area (Å²) in [5.74, 6) is 2.58. The predicted octanol–water partition coefficient (Wildman–Crippen LogP) is 5.25. The first-order chi connectivity index (χ1) is 19.2. The molecule has 0 unspecified atom stereocenters. The molecule has 0 saturated heterocycles. The van der Waals surface area contributed by atoms with Crippen molar-refractivity contribution in [1.82, 2.24) is 4.90 Å². The van der Waals surface area contributed by atoms with Crippen molar-refractivity contribution in [2.45, 2.75) is 19.4 Å². The molecule has 3 rings (SSSR count). The average Bonchev–Trinajstić information content (AvgIpc) is 2.97. The van der Waals surface area contributed by atoms with Crippen LogP contribution in [-0.4, -0.2) is 67.9 Å². The van der Waals surface area contributed by atoms with Gasteiger partial charge in [0.25, 0.3) is 0 Å². The summed E-state index contributed by atoms with van der Waals surface area (Å²) in [7, 11) is 0. The SMILES string of the molecule is O=C(CCSCCN(CCC(=O)OCCOc1ccccc1)Cc1ccccc1)OCCOc1ccccc1. The number of rotatable bonds is 19. The largest absolute Gasteiger partial charge is 0.490 e. The molecule has 0 amide bonds. The normalized spacial score (nSPS) is 10.7. The molecule has 0 aliphatic rings. The van der Waals surface area contributed by atoms with Gasteiger partial charge in [0.2, 0.25) is 0 Å². The molecular weight excluding hydrogens is 514 g/mol. The Morgan fingerprint density at radius 3 is 1.67 bits per heavy atom. The first-order valence-electron chi connectivity index (χ1n) is 13.2. The zero-order chi connectivity index (χ0) is 27.4. The number of nitrogens with zero attached hydrogens (tertiary/aromatic N) is 1. The highest BCUT2D eigenvalue weighted by molar-refractivity contribution is 7.99. The number of para-hydroxylation sites is 2. The van der Waals surface area contributed by atoms with Crippen LogP contribution in [0.15, 0.2) is 91.0 Å². The Bertz CT molecular complexity index is 1070. The van der Waals surface area contributed by atoms with Crippen LogP contribution >= 0.6 is 11.8 Å². The molecule has 0 aliphatic carbocycles. The van der Waals surface area contributed by atoms with Crippen LogP contribution < -0.4 is 9.47 Å². The number of benzene rings is 3. The minimum Gasteiger partial charge on any atom is -0.490 e. The molecule has 39 heavy (non-hydrogen) atoms. The van der Waals surface area contributed by atoms with Crippen molar-refractivity contribution >= 4 is 23.7 Å². The van der Waals surface area contributed by atoms with E-state index in [1.165, 1.54) is 5.56 Å². The van der Waals surface area contributed by atoms with Crippen LogP contribution in [0.1, 0.15) is 18.4 Å². The lowest BCUT2D eigenvalue weighted by Gasteiger charge is -2.22. The Labute approximate surface area is 235 Å². The molecule has 0 radical (unpaired) electrons. The summed E-state index contributed by atoms with van der Waals surface area (Å²) in [6.07, 6.45) is 0.659. The van der Waals surface area contributed by atoms with Gasteiger partial charge in [-0.15, -0.1) is 0 Å². The van der Waals surface area contributed by atoms with E-state index in [-0.39, 0.29) is 25.2 Å². The molecule has 0 aromatic heterocycles. The second-order valence-corrected chi connectivity index (χ2v) is 9.86. The third-order valence-corrected chi connectivity index (χ3v) is 6.56. The number of hydrogen-bond acceptors (Lipinski definition) is 8. The summed E-state index contributed by atoms with van der Waals surface area (Å²) >= 11 is 1.70. The van der Waals surface area contributed by atoms with Crippen molar-refractivity contribution in [3.8, 4) is 11.5 Å².